The Morgan fingerprint density at radius 3 is 2.50 bits per heavy atom. The minimum Gasteiger partial charge on any atom is -0.492 e. The van der Waals surface area contributed by atoms with Crippen LogP contribution in [0.3, 0.4) is 0 Å². The van der Waals surface area contributed by atoms with E-state index in [1.165, 1.54) is 18.4 Å². The van der Waals surface area contributed by atoms with E-state index in [1.807, 2.05) is 6.07 Å². The van der Waals surface area contributed by atoms with Gasteiger partial charge in [0.2, 0.25) is 0 Å². The molecule has 0 aliphatic carbocycles. The summed E-state index contributed by atoms with van der Waals surface area (Å²) in [4.78, 5) is 0. The molecular formula is C16H27NO. The fourth-order valence-corrected chi connectivity index (χ4v) is 1.97. The summed E-state index contributed by atoms with van der Waals surface area (Å²) in [5, 5.41) is 3.50. The smallest absolute Gasteiger partial charge is 0.119 e. The first-order valence-electron chi connectivity index (χ1n) is 7.13. The molecule has 1 aromatic carbocycles. The third-order valence-electron chi connectivity index (χ3n) is 3.31. The van der Waals surface area contributed by atoms with E-state index in [2.05, 4.69) is 51.2 Å². The molecule has 1 rings (SSSR count). The zero-order chi connectivity index (χ0) is 13.4. The highest BCUT2D eigenvalue weighted by Crippen LogP contribution is 2.19. The van der Waals surface area contributed by atoms with Crippen molar-refractivity contribution in [2.24, 2.45) is 0 Å². The van der Waals surface area contributed by atoms with Gasteiger partial charge in [0.15, 0.2) is 0 Å². The monoisotopic (exact) mass is 249 g/mol. The van der Waals surface area contributed by atoms with Crippen molar-refractivity contribution in [3.8, 4) is 5.75 Å². The predicted molar refractivity (Wildman–Crippen MR) is 78.4 cm³/mol. The van der Waals surface area contributed by atoms with Crippen LogP contribution in [0.4, 0.5) is 0 Å². The van der Waals surface area contributed by atoms with E-state index in [4.69, 9.17) is 4.74 Å². The lowest BCUT2D eigenvalue weighted by Gasteiger charge is -2.15. The highest BCUT2D eigenvalue weighted by molar-refractivity contribution is 5.30. The summed E-state index contributed by atoms with van der Waals surface area (Å²) >= 11 is 0. The number of rotatable bonds is 8. The normalized spacial score (nSPS) is 11.2. The standard InChI is InChI=1S/C16H27NO/c1-5-15(6-2)17-10-11-18-16-9-7-8-14(12-16)13(3)4/h7-9,12-13,15,17H,5-6,10-11H2,1-4H3. The first kappa shape index (κ1) is 15.0. The summed E-state index contributed by atoms with van der Waals surface area (Å²) in [6.07, 6.45) is 2.36. The second kappa shape index (κ2) is 8.15. The van der Waals surface area contributed by atoms with Crippen LogP contribution in [0.2, 0.25) is 0 Å². The Labute approximate surface area is 112 Å². The van der Waals surface area contributed by atoms with Crippen LogP contribution >= 0.6 is 0 Å². The van der Waals surface area contributed by atoms with Gasteiger partial charge in [-0.1, -0.05) is 39.8 Å². The molecule has 1 aromatic rings. The molecule has 0 atom stereocenters. The molecular weight excluding hydrogens is 222 g/mol. The molecule has 102 valence electrons. The second-order valence-corrected chi connectivity index (χ2v) is 5.04. The van der Waals surface area contributed by atoms with Gasteiger partial charge in [0.25, 0.3) is 0 Å². The molecule has 0 heterocycles. The summed E-state index contributed by atoms with van der Waals surface area (Å²) in [6, 6.07) is 9.01. The SMILES string of the molecule is CCC(CC)NCCOc1cccc(C(C)C)c1. The van der Waals surface area contributed by atoms with Crippen LogP contribution < -0.4 is 10.1 Å². The number of ether oxygens (including phenoxy) is 1. The summed E-state index contributed by atoms with van der Waals surface area (Å²) in [5.41, 5.74) is 1.33. The molecule has 0 bridgehead atoms. The molecule has 0 aliphatic heterocycles. The maximum absolute atomic E-state index is 5.77. The first-order valence-corrected chi connectivity index (χ1v) is 7.13. The maximum atomic E-state index is 5.77. The Hall–Kier alpha value is -1.02. The van der Waals surface area contributed by atoms with Crippen molar-refractivity contribution < 1.29 is 4.74 Å². The van der Waals surface area contributed by atoms with E-state index >= 15 is 0 Å². The lowest BCUT2D eigenvalue weighted by atomic mass is 10.0. The van der Waals surface area contributed by atoms with E-state index in [9.17, 15) is 0 Å². The fraction of sp³-hybridized carbons (Fsp3) is 0.625. The maximum Gasteiger partial charge on any atom is 0.119 e. The summed E-state index contributed by atoms with van der Waals surface area (Å²) in [6.45, 7) is 10.5. The zero-order valence-corrected chi connectivity index (χ0v) is 12.2. The average molecular weight is 249 g/mol. The molecule has 0 spiro atoms. The first-order chi connectivity index (χ1) is 8.67. The average Bonchev–Trinajstić information content (AvgIpc) is 2.39. The summed E-state index contributed by atoms with van der Waals surface area (Å²) in [5.74, 6) is 1.53. The van der Waals surface area contributed by atoms with Gasteiger partial charge < -0.3 is 10.1 Å². The second-order valence-electron chi connectivity index (χ2n) is 5.04. The highest BCUT2D eigenvalue weighted by atomic mass is 16.5. The summed E-state index contributed by atoms with van der Waals surface area (Å²) in [7, 11) is 0. The fourth-order valence-electron chi connectivity index (χ4n) is 1.97. The quantitative estimate of drug-likeness (QED) is 0.704. The van der Waals surface area contributed by atoms with Crippen molar-refractivity contribution in [1.29, 1.82) is 0 Å². The van der Waals surface area contributed by atoms with Gasteiger partial charge in [0, 0.05) is 12.6 Å². The van der Waals surface area contributed by atoms with Crippen LogP contribution in [0.5, 0.6) is 5.75 Å². The molecule has 2 nitrogen and oxygen atoms in total. The molecule has 0 radical (unpaired) electrons. The molecule has 0 amide bonds. The summed E-state index contributed by atoms with van der Waals surface area (Å²) < 4.78 is 5.77. The van der Waals surface area contributed by atoms with E-state index < -0.39 is 0 Å². The topological polar surface area (TPSA) is 21.3 Å². The van der Waals surface area contributed by atoms with Gasteiger partial charge in [-0.05, 0) is 36.5 Å². The van der Waals surface area contributed by atoms with Gasteiger partial charge in [-0.15, -0.1) is 0 Å². The van der Waals surface area contributed by atoms with Crippen molar-refractivity contribution in [2.45, 2.75) is 52.5 Å². The minimum atomic E-state index is 0.552. The third kappa shape index (κ3) is 5.09. The Balaban J connectivity index is 2.33. The largest absolute Gasteiger partial charge is 0.492 e. The Bertz CT molecular complexity index is 332. The van der Waals surface area contributed by atoms with Gasteiger partial charge in [-0.25, -0.2) is 0 Å². The van der Waals surface area contributed by atoms with Crippen LogP contribution in [0.15, 0.2) is 24.3 Å². The third-order valence-corrected chi connectivity index (χ3v) is 3.31. The number of nitrogens with one attached hydrogen (secondary N) is 1. The molecule has 0 saturated heterocycles. The van der Waals surface area contributed by atoms with E-state index in [1.54, 1.807) is 0 Å². The molecule has 0 aromatic heterocycles. The van der Waals surface area contributed by atoms with Crippen molar-refractivity contribution >= 4 is 0 Å². The highest BCUT2D eigenvalue weighted by Gasteiger charge is 2.03. The predicted octanol–water partition coefficient (Wildman–Crippen LogP) is 3.97. The van der Waals surface area contributed by atoms with Crippen molar-refractivity contribution in [2.75, 3.05) is 13.2 Å². The Morgan fingerprint density at radius 1 is 1.17 bits per heavy atom. The van der Waals surface area contributed by atoms with E-state index in [0.717, 1.165) is 18.9 Å². The van der Waals surface area contributed by atoms with Gasteiger partial charge >= 0.3 is 0 Å². The van der Waals surface area contributed by atoms with Crippen LogP contribution in [0.1, 0.15) is 52.0 Å². The van der Waals surface area contributed by atoms with Crippen molar-refractivity contribution in [3.63, 3.8) is 0 Å². The number of benzene rings is 1. The van der Waals surface area contributed by atoms with E-state index in [0.29, 0.717) is 12.0 Å². The molecule has 18 heavy (non-hydrogen) atoms. The molecule has 0 fully saturated rings. The van der Waals surface area contributed by atoms with Crippen molar-refractivity contribution in [3.05, 3.63) is 29.8 Å². The van der Waals surface area contributed by atoms with Gasteiger partial charge in [0.05, 0.1) is 0 Å². The van der Waals surface area contributed by atoms with Crippen LogP contribution in [-0.2, 0) is 0 Å². The molecule has 0 saturated carbocycles. The lowest BCUT2D eigenvalue weighted by Crippen LogP contribution is -2.31. The van der Waals surface area contributed by atoms with Crippen molar-refractivity contribution in [1.82, 2.24) is 5.32 Å². The molecule has 0 aliphatic rings. The zero-order valence-electron chi connectivity index (χ0n) is 12.2. The molecule has 0 unspecified atom stereocenters. The number of hydrogen-bond acceptors (Lipinski definition) is 2. The minimum absolute atomic E-state index is 0.552. The van der Waals surface area contributed by atoms with Gasteiger partial charge in [-0.3, -0.25) is 0 Å². The van der Waals surface area contributed by atoms with Gasteiger partial charge in [0.1, 0.15) is 12.4 Å². The Morgan fingerprint density at radius 2 is 1.89 bits per heavy atom. The lowest BCUT2D eigenvalue weighted by molar-refractivity contribution is 0.302. The van der Waals surface area contributed by atoms with Crippen LogP contribution in [0, 0.1) is 0 Å². The number of hydrogen-bond donors (Lipinski definition) is 1. The van der Waals surface area contributed by atoms with Crippen LogP contribution in [0.25, 0.3) is 0 Å². The Kier molecular flexibility index (Phi) is 6.81. The van der Waals surface area contributed by atoms with Crippen LogP contribution in [-0.4, -0.2) is 19.2 Å². The van der Waals surface area contributed by atoms with E-state index in [-0.39, 0.29) is 0 Å². The van der Waals surface area contributed by atoms with Gasteiger partial charge in [-0.2, -0.15) is 0 Å². The molecule has 2 heteroatoms. The molecule has 1 N–H and O–H groups in total.